The number of halogens is 2. The van der Waals surface area contributed by atoms with Gasteiger partial charge in [-0.25, -0.2) is 8.78 Å². The van der Waals surface area contributed by atoms with Crippen molar-refractivity contribution in [3.8, 4) is 5.75 Å². The van der Waals surface area contributed by atoms with E-state index in [0.717, 1.165) is 12.1 Å². The molecule has 7 heteroatoms. The molecule has 0 bridgehead atoms. The largest absolute Gasteiger partial charge is 0.483 e. The smallest absolute Gasteiger partial charge is 0.292 e. The van der Waals surface area contributed by atoms with Crippen molar-refractivity contribution in [3.05, 3.63) is 63.7 Å². The fraction of sp³-hybridized carbons (Fsp3) is 0.0769. The first-order valence-corrected chi connectivity index (χ1v) is 5.58. The molecule has 0 fully saturated rings. The maximum Gasteiger partial charge on any atom is 0.292 e. The zero-order valence-corrected chi connectivity index (χ0v) is 10.2. The highest BCUT2D eigenvalue weighted by atomic mass is 19.1. The Bertz CT molecular complexity index is 642. The Morgan fingerprint density at radius 3 is 2.40 bits per heavy atom. The van der Waals surface area contributed by atoms with Crippen LogP contribution in [0.3, 0.4) is 0 Å². The summed E-state index contributed by atoms with van der Waals surface area (Å²) in [5.74, 6) is -2.14. The zero-order valence-electron chi connectivity index (χ0n) is 10.2. The number of nitro benzene ring substituents is 1. The Morgan fingerprint density at radius 1 is 1.20 bits per heavy atom. The summed E-state index contributed by atoms with van der Waals surface area (Å²) in [7, 11) is 0. The van der Waals surface area contributed by atoms with E-state index in [1.54, 1.807) is 0 Å². The average molecular weight is 280 g/mol. The molecule has 0 aliphatic carbocycles. The van der Waals surface area contributed by atoms with Crippen LogP contribution >= 0.6 is 0 Å². The Morgan fingerprint density at radius 2 is 1.85 bits per heavy atom. The van der Waals surface area contributed by atoms with Gasteiger partial charge in [-0.1, -0.05) is 6.07 Å². The molecule has 0 amide bonds. The SMILES string of the molecule is Nc1cc(COc2c(F)cccc2F)ccc1[N+](=O)[O-]. The summed E-state index contributed by atoms with van der Waals surface area (Å²) in [6.45, 7) is -0.153. The van der Waals surface area contributed by atoms with E-state index < -0.39 is 22.3 Å². The van der Waals surface area contributed by atoms with Gasteiger partial charge in [-0.3, -0.25) is 10.1 Å². The second-order valence-corrected chi connectivity index (χ2v) is 3.99. The zero-order chi connectivity index (χ0) is 14.7. The van der Waals surface area contributed by atoms with Gasteiger partial charge in [0.15, 0.2) is 17.4 Å². The Kier molecular flexibility index (Phi) is 3.79. The Hall–Kier alpha value is -2.70. The highest BCUT2D eigenvalue weighted by molar-refractivity contribution is 5.59. The van der Waals surface area contributed by atoms with Crippen molar-refractivity contribution in [3.63, 3.8) is 0 Å². The molecule has 0 radical (unpaired) electrons. The fourth-order valence-electron chi connectivity index (χ4n) is 1.64. The van der Waals surface area contributed by atoms with Crippen molar-refractivity contribution >= 4 is 11.4 Å². The van der Waals surface area contributed by atoms with Crippen molar-refractivity contribution in [2.24, 2.45) is 0 Å². The van der Waals surface area contributed by atoms with Gasteiger partial charge in [0.1, 0.15) is 12.3 Å². The maximum atomic E-state index is 13.3. The lowest BCUT2D eigenvalue weighted by atomic mass is 10.2. The van der Waals surface area contributed by atoms with E-state index in [9.17, 15) is 18.9 Å². The van der Waals surface area contributed by atoms with Gasteiger partial charge in [0, 0.05) is 6.07 Å². The molecule has 2 rings (SSSR count). The van der Waals surface area contributed by atoms with Gasteiger partial charge >= 0.3 is 0 Å². The molecule has 0 aromatic heterocycles. The summed E-state index contributed by atoms with van der Waals surface area (Å²) in [6.07, 6.45) is 0. The van der Waals surface area contributed by atoms with Crippen LogP contribution in [0.1, 0.15) is 5.56 Å². The van der Waals surface area contributed by atoms with Gasteiger partial charge in [-0.2, -0.15) is 0 Å². The fourth-order valence-corrected chi connectivity index (χ4v) is 1.64. The molecule has 0 atom stereocenters. The minimum Gasteiger partial charge on any atom is -0.483 e. The number of ether oxygens (including phenoxy) is 1. The van der Waals surface area contributed by atoms with Crippen LogP contribution in [0, 0.1) is 21.7 Å². The highest BCUT2D eigenvalue weighted by Gasteiger charge is 2.13. The number of rotatable bonds is 4. The van der Waals surface area contributed by atoms with Crippen molar-refractivity contribution < 1.29 is 18.4 Å². The van der Waals surface area contributed by atoms with Gasteiger partial charge in [0.25, 0.3) is 5.69 Å². The Labute approximate surface area is 112 Å². The first-order chi connectivity index (χ1) is 9.49. The van der Waals surface area contributed by atoms with Crippen LogP contribution in [0.5, 0.6) is 5.75 Å². The van der Waals surface area contributed by atoms with Crippen LogP contribution in [-0.2, 0) is 6.61 Å². The van der Waals surface area contributed by atoms with Gasteiger partial charge in [0.2, 0.25) is 0 Å². The van der Waals surface area contributed by atoms with Crippen LogP contribution in [0.25, 0.3) is 0 Å². The van der Waals surface area contributed by atoms with Crippen LogP contribution in [0.4, 0.5) is 20.2 Å². The third kappa shape index (κ3) is 2.82. The minimum atomic E-state index is -0.820. The topological polar surface area (TPSA) is 78.4 Å². The van der Waals surface area contributed by atoms with E-state index in [-0.39, 0.29) is 18.0 Å². The molecule has 0 saturated carbocycles. The molecule has 5 nitrogen and oxygen atoms in total. The summed E-state index contributed by atoms with van der Waals surface area (Å²) in [5, 5.41) is 10.6. The third-order valence-electron chi connectivity index (χ3n) is 2.59. The number of nitrogens with zero attached hydrogens (tertiary/aromatic N) is 1. The summed E-state index contributed by atoms with van der Waals surface area (Å²) in [4.78, 5) is 9.98. The number of nitro groups is 1. The molecule has 0 aliphatic rings. The molecule has 0 heterocycles. The lowest BCUT2D eigenvalue weighted by Gasteiger charge is -2.08. The van der Waals surface area contributed by atoms with E-state index in [1.807, 2.05) is 0 Å². The van der Waals surface area contributed by atoms with E-state index in [2.05, 4.69) is 0 Å². The third-order valence-corrected chi connectivity index (χ3v) is 2.59. The number of para-hydroxylation sites is 1. The monoisotopic (exact) mass is 280 g/mol. The van der Waals surface area contributed by atoms with Gasteiger partial charge in [-0.05, 0) is 29.8 Å². The van der Waals surface area contributed by atoms with Crippen LogP contribution in [-0.4, -0.2) is 4.92 Å². The molecule has 104 valence electrons. The number of hydrogen-bond donors (Lipinski definition) is 1. The molecule has 0 aliphatic heterocycles. The number of anilines is 1. The first kappa shape index (κ1) is 13.7. The number of benzene rings is 2. The molecule has 0 saturated heterocycles. The van der Waals surface area contributed by atoms with Crippen molar-refractivity contribution in [2.45, 2.75) is 6.61 Å². The molecule has 0 spiro atoms. The normalized spacial score (nSPS) is 10.3. The summed E-state index contributed by atoms with van der Waals surface area (Å²) in [5.41, 5.74) is 5.71. The van der Waals surface area contributed by atoms with Gasteiger partial charge in [0.05, 0.1) is 4.92 Å². The molecular formula is C13H10F2N2O3. The second kappa shape index (κ2) is 5.52. The van der Waals surface area contributed by atoms with Gasteiger partial charge in [-0.15, -0.1) is 0 Å². The number of nitrogen functional groups attached to an aromatic ring is 1. The van der Waals surface area contributed by atoms with Gasteiger partial charge < -0.3 is 10.5 Å². The molecular weight excluding hydrogens is 270 g/mol. The van der Waals surface area contributed by atoms with E-state index >= 15 is 0 Å². The Balaban J connectivity index is 2.16. The van der Waals surface area contributed by atoms with Crippen molar-refractivity contribution in [1.82, 2.24) is 0 Å². The number of nitrogens with two attached hydrogens (primary N) is 1. The van der Waals surface area contributed by atoms with E-state index in [4.69, 9.17) is 10.5 Å². The molecule has 0 unspecified atom stereocenters. The second-order valence-electron chi connectivity index (χ2n) is 3.99. The highest BCUT2D eigenvalue weighted by Crippen LogP contribution is 2.25. The summed E-state index contributed by atoms with van der Waals surface area (Å²) < 4.78 is 31.7. The van der Waals surface area contributed by atoms with E-state index in [0.29, 0.717) is 5.56 Å². The van der Waals surface area contributed by atoms with Crippen LogP contribution in [0.15, 0.2) is 36.4 Å². The summed E-state index contributed by atoms with van der Waals surface area (Å²) >= 11 is 0. The van der Waals surface area contributed by atoms with Crippen LogP contribution in [0.2, 0.25) is 0 Å². The number of hydrogen-bond acceptors (Lipinski definition) is 4. The molecule has 2 N–H and O–H groups in total. The maximum absolute atomic E-state index is 13.3. The van der Waals surface area contributed by atoms with Crippen LogP contribution < -0.4 is 10.5 Å². The van der Waals surface area contributed by atoms with Crippen molar-refractivity contribution in [2.75, 3.05) is 5.73 Å². The summed E-state index contributed by atoms with van der Waals surface area (Å²) in [6, 6.07) is 7.32. The average Bonchev–Trinajstić information content (AvgIpc) is 2.37. The predicted molar refractivity (Wildman–Crippen MR) is 68.2 cm³/mol. The minimum absolute atomic E-state index is 0.0369. The quantitative estimate of drug-likeness (QED) is 0.530. The lowest BCUT2D eigenvalue weighted by molar-refractivity contribution is -0.383. The van der Waals surface area contributed by atoms with E-state index in [1.165, 1.54) is 24.3 Å². The molecule has 20 heavy (non-hydrogen) atoms. The molecule has 2 aromatic rings. The lowest BCUT2D eigenvalue weighted by Crippen LogP contribution is -2.02. The standard InChI is InChI=1S/C13H10F2N2O3/c14-9-2-1-3-10(15)13(9)20-7-8-4-5-12(17(18)19)11(16)6-8/h1-6H,7,16H2. The van der Waals surface area contributed by atoms with Crippen molar-refractivity contribution in [1.29, 1.82) is 0 Å². The predicted octanol–water partition coefficient (Wildman–Crippen LogP) is 3.03. The molecule has 2 aromatic carbocycles. The first-order valence-electron chi connectivity index (χ1n) is 5.58.